The van der Waals surface area contributed by atoms with Gasteiger partial charge < -0.3 is 24.8 Å². The van der Waals surface area contributed by atoms with Gasteiger partial charge in [0.1, 0.15) is 6.10 Å². The van der Waals surface area contributed by atoms with Crippen LogP contribution in [0.4, 0.5) is 0 Å². The number of carboxylic acid groups (broad SMARTS) is 1. The van der Waals surface area contributed by atoms with E-state index < -0.39 is 24.5 Å². The monoisotopic (exact) mass is 316 g/mol. The number of rotatable bonds is 10. The molecular weight excluding hydrogens is 288 g/mol. The summed E-state index contributed by atoms with van der Waals surface area (Å²) in [5, 5.41) is 27.7. The molecule has 1 aliphatic rings. The Morgan fingerprint density at radius 3 is 2.59 bits per heavy atom. The molecule has 1 aliphatic heterocycles. The molecule has 0 aromatic heterocycles. The minimum absolute atomic E-state index is 0.287. The zero-order chi connectivity index (χ0) is 16.4. The van der Waals surface area contributed by atoms with E-state index in [1.807, 2.05) is 0 Å². The summed E-state index contributed by atoms with van der Waals surface area (Å²) in [5.74, 6) is -0.897. The smallest absolute Gasteiger partial charge is 0.327 e. The van der Waals surface area contributed by atoms with Crippen LogP contribution in [0, 0.1) is 0 Å². The molecule has 22 heavy (non-hydrogen) atoms. The van der Waals surface area contributed by atoms with Crippen LogP contribution in [0.5, 0.6) is 0 Å². The minimum Gasteiger partial charge on any atom is -0.478 e. The van der Waals surface area contributed by atoms with Crippen molar-refractivity contribution in [3.8, 4) is 0 Å². The zero-order valence-electron chi connectivity index (χ0n) is 13.2. The van der Waals surface area contributed by atoms with Crippen molar-refractivity contribution >= 4 is 5.97 Å². The van der Waals surface area contributed by atoms with Crippen LogP contribution in [0.15, 0.2) is 12.2 Å². The van der Waals surface area contributed by atoms with Crippen LogP contribution in [0.2, 0.25) is 0 Å². The Hall–Kier alpha value is -0.950. The molecule has 1 fully saturated rings. The molecule has 0 aromatic rings. The van der Waals surface area contributed by atoms with E-state index in [1.165, 1.54) is 6.08 Å². The van der Waals surface area contributed by atoms with Gasteiger partial charge in [0.2, 0.25) is 0 Å². The van der Waals surface area contributed by atoms with E-state index >= 15 is 0 Å². The van der Waals surface area contributed by atoms with E-state index in [9.17, 15) is 15.0 Å². The van der Waals surface area contributed by atoms with Gasteiger partial charge in [-0.3, -0.25) is 0 Å². The minimum atomic E-state index is -0.897. The topological polar surface area (TPSA) is 96.2 Å². The van der Waals surface area contributed by atoms with Gasteiger partial charge in [-0.15, -0.1) is 0 Å². The Balaban J connectivity index is 1.96. The maximum absolute atomic E-state index is 10.3. The zero-order valence-corrected chi connectivity index (χ0v) is 13.2. The van der Waals surface area contributed by atoms with Crippen molar-refractivity contribution in [1.29, 1.82) is 0 Å². The second-order valence-corrected chi connectivity index (χ2v) is 5.75. The highest BCUT2D eigenvalue weighted by Crippen LogP contribution is 2.21. The SMILES string of the molecule is C[C@@H]1O[C@@H](OCCCCCCC/C=C/C(=O)O)[C@H](O)C[C@H]1O. The number of carboxylic acids is 1. The number of aliphatic hydroxyl groups excluding tert-OH is 2. The van der Waals surface area contributed by atoms with Gasteiger partial charge in [0, 0.05) is 19.1 Å². The Bertz CT molecular complexity index is 344. The van der Waals surface area contributed by atoms with E-state index in [4.69, 9.17) is 14.6 Å². The lowest BCUT2D eigenvalue weighted by Crippen LogP contribution is -2.47. The third kappa shape index (κ3) is 7.89. The molecule has 1 rings (SSSR count). The number of aliphatic carboxylic acids is 1. The van der Waals surface area contributed by atoms with E-state index in [2.05, 4.69) is 0 Å². The molecule has 6 nitrogen and oxygen atoms in total. The molecule has 1 saturated heterocycles. The summed E-state index contributed by atoms with van der Waals surface area (Å²) >= 11 is 0. The molecule has 4 atom stereocenters. The fourth-order valence-corrected chi connectivity index (χ4v) is 2.37. The maximum atomic E-state index is 10.3. The lowest BCUT2D eigenvalue weighted by Gasteiger charge is -2.35. The largest absolute Gasteiger partial charge is 0.478 e. The van der Waals surface area contributed by atoms with Gasteiger partial charge in [0.25, 0.3) is 0 Å². The van der Waals surface area contributed by atoms with E-state index in [0.29, 0.717) is 6.61 Å². The Morgan fingerprint density at radius 2 is 1.86 bits per heavy atom. The highest BCUT2D eigenvalue weighted by atomic mass is 16.7. The van der Waals surface area contributed by atoms with Crippen LogP contribution in [0.3, 0.4) is 0 Å². The Kier molecular flexibility index (Phi) is 9.31. The molecule has 0 saturated carbocycles. The van der Waals surface area contributed by atoms with Crippen molar-refractivity contribution in [2.24, 2.45) is 0 Å². The van der Waals surface area contributed by atoms with Crippen LogP contribution in [0.1, 0.15) is 51.9 Å². The average molecular weight is 316 g/mol. The summed E-state index contributed by atoms with van der Waals surface area (Å²) in [6.07, 6.45) is 6.65. The lowest BCUT2D eigenvalue weighted by molar-refractivity contribution is -0.261. The van der Waals surface area contributed by atoms with Gasteiger partial charge in [-0.25, -0.2) is 4.79 Å². The van der Waals surface area contributed by atoms with Crippen molar-refractivity contribution in [2.75, 3.05) is 6.61 Å². The summed E-state index contributed by atoms with van der Waals surface area (Å²) < 4.78 is 10.9. The van der Waals surface area contributed by atoms with Gasteiger partial charge in [-0.2, -0.15) is 0 Å². The molecular formula is C16H28O6. The summed E-state index contributed by atoms with van der Waals surface area (Å²) in [5.41, 5.74) is 0. The van der Waals surface area contributed by atoms with Crippen molar-refractivity contribution in [3.05, 3.63) is 12.2 Å². The summed E-state index contributed by atoms with van der Waals surface area (Å²) in [6.45, 7) is 2.30. The summed E-state index contributed by atoms with van der Waals surface area (Å²) in [7, 11) is 0. The van der Waals surface area contributed by atoms with Crippen LogP contribution < -0.4 is 0 Å². The van der Waals surface area contributed by atoms with Crippen LogP contribution >= 0.6 is 0 Å². The van der Waals surface area contributed by atoms with Crippen molar-refractivity contribution in [3.63, 3.8) is 0 Å². The molecule has 3 N–H and O–H groups in total. The molecule has 0 amide bonds. The number of ether oxygens (including phenoxy) is 2. The van der Waals surface area contributed by atoms with Crippen molar-refractivity contribution in [1.82, 2.24) is 0 Å². The average Bonchev–Trinajstić information content (AvgIpc) is 2.45. The fraction of sp³-hybridized carbons (Fsp3) is 0.812. The van der Waals surface area contributed by atoms with Gasteiger partial charge >= 0.3 is 5.97 Å². The Morgan fingerprint density at radius 1 is 1.18 bits per heavy atom. The molecule has 0 aromatic carbocycles. The highest BCUT2D eigenvalue weighted by molar-refractivity contribution is 5.79. The molecule has 6 heteroatoms. The van der Waals surface area contributed by atoms with Crippen LogP contribution in [0.25, 0.3) is 0 Å². The first kappa shape index (κ1) is 19.1. The first-order valence-electron chi connectivity index (χ1n) is 8.03. The van der Waals surface area contributed by atoms with E-state index in [0.717, 1.165) is 38.5 Å². The molecule has 0 spiro atoms. The highest BCUT2D eigenvalue weighted by Gasteiger charge is 2.34. The van der Waals surface area contributed by atoms with Gasteiger partial charge in [-0.1, -0.05) is 25.3 Å². The molecule has 1 heterocycles. The molecule has 128 valence electrons. The second kappa shape index (κ2) is 10.7. The third-order valence-corrected chi connectivity index (χ3v) is 3.75. The van der Waals surface area contributed by atoms with Crippen LogP contribution in [-0.2, 0) is 14.3 Å². The predicted molar refractivity (Wildman–Crippen MR) is 81.4 cm³/mol. The maximum Gasteiger partial charge on any atom is 0.327 e. The number of hydrogen-bond acceptors (Lipinski definition) is 5. The van der Waals surface area contributed by atoms with Gasteiger partial charge in [0.05, 0.1) is 12.2 Å². The number of aliphatic hydroxyl groups is 2. The van der Waals surface area contributed by atoms with E-state index in [-0.39, 0.29) is 12.5 Å². The normalized spacial score (nSPS) is 29.0. The Labute approximate surface area is 131 Å². The van der Waals surface area contributed by atoms with Gasteiger partial charge in [-0.05, 0) is 26.2 Å². The molecule has 0 unspecified atom stereocenters. The number of allylic oxidation sites excluding steroid dienone is 1. The van der Waals surface area contributed by atoms with Crippen molar-refractivity contribution in [2.45, 2.75) is 76.5 Å². The number of hydrogen-bond donors (Lipinski definition) is 3. The first-order valence-corrected chi connectivity index (χ1v) is 8.03. The fourth-order valence-electron chi connectivity index (χ4n) is 2.37. The third-order valence-electron chi connectivity index (χ3n) is 3.75. The lowest BCUT2D eigenvalue weighted by atomic mass is 10.0. The van der Waals surface area contributed by atoms with Crippen LogP contribution in [-0.4, -0.2) is 52.5 Å². The first-order chi connectivity index (χ1) is 10.5. The summed E-state index contributed by atoms with van der Waals surface area (Å²) in [4.78, 5) is 10.3. The standard InChI is InChI=1S/C16H28O6/c1-12-13(17)11-14(18)16(22-12)21-10-8-6-4-2-3-5-7-9-15(19)20/h7,9,12-14,16-18H,2-6,8,10-11H2,1H3,(H,19,20)/b9-7+/t12-,13+,14+,16+/m0/s1. The number of unbranched alkanes of at least 4 members (excludes halogenated alkanes) is 5. The predicted octanol–water partition coefficient (Wildman–Crippen LogP) is 1.84. The molecule has 0 aliphatic carbocycles. The molecule has 0 bridgehead atoms. The van der Waals surface area contributed by atoms with Crippen molar-refractivity contribution < 1.29 is 29.6 Å². The van der Waals surface area contributed by atoms with E-state index in [1.54, 1.807) is 13.0 Å². The second-order valence-electron chi connectivity index (χ2n) is 5.75. The number of carbonyl (C=O) groups is 1. The quantitative estimate of drug-likeness (QED) is 0.420. The summed E-state index contributed by atoms with van der Waals surface area (Å²) in [6, 6.07) is 0. The molecule has 0 radical (unpaired) electrons. The van der Waals surface area contributed by atoms with Gasteiger partial charge in [0.15, 0.2) is 6.29 Å².